The number of hydrogen-bond donors (Lipinski definition) is 3. The minimum Gasteiger partial charge on any atom is -0.497 e. The van der Waals surface area contributed by atoms with Gasteiger partial charge < -0.3 is 34.5 Å². The van der Waals surface area contributed by atoms with Crippen molar-refractivity contribution in [1.29, 1.82) is 0 Å². The average Bonchev–Trinajstić information content (AvgIpc) is 1.33. The van der Waals surface area contributed by atoms with Crippen LogP contribution in [0.5, 0.6) is 5.75 Å². The molecule has 0 unspecified atom stereocenters. The summed E-state index contributed by atoms with van der Waals surface area (Å²) in [6.45, 7) is 18.3. The number of nitrogens with one attached hydrogen (secondary N) is 1. The Morgan fingerprint density at radius 1 is 0.359 bits per heavy atom. The van der Waals surface area contributed by atoms with Crippen LogP contribution in [0, 0.1) is 0 Å². The lowest BCUT2D eigenvalue weighted by molar-refractivity contribution is -0.469. The molecule has 13 heteroatoms. The summed E-state index contributed by atoms with van der Waals surface area (Å²) in [5.41, 5.74) is -9.59. The van der Waals surface area contributed by atoms with Gasteiger partial charge in [-0.1, -0.05) is 0 Å². The third-order valence-corrected chi connectivity index (χ3v) is 29.0. The predicted molar refractivity (Wildman–Crippen MR) is 344 cm³/mol. The summed E-state index contributed by atoms with van der Waals surface area (Å²) in [6, 6.07) is 8.08. The topological polar surface area (TPSA) is 151 Å². The number of methoxy groups -OCH3 is 1. The number of anilines is 1. The fourth-order valence-electron chi connectivity index (χ4n) is 28.5. The van der Waals surface area contributed by atoms with Gasteiger partial charge in [0.15, 0.2) is 33.8 Å². The lowest BCUT2D eigenvalue weighted by Gasteiger charge is -2.67. The molecule has 13 nitrogen and oxygen atoms in total. The molecule has 92 heavy (non-hydrogen) atoms. The highest BCUT2D eigenvalue weighted by Crippen LogP contribution is 3.04. The molecular weight excluding hydrogens is 1150 g/mol. The van der Waals surface area contributed by atoms with E-state index in [0.717, 1.165) is 115 Å². The zero-order valence-electron chi connectivity index (χ0n) is 50.3. The minimum atomic E-state index is -2.69. The second kappa shape index (κ2) is 9.53. The molecule has 3 heterocycles. The third-order valence-electron chi connectivity index (χ3n) is 29.0. The van der Waals surface area contributed by atoms with E-state index in [9.17, 15) is 0 Å². The molecule has 1 saturated carbocycles. The van der Waals surface area contributed by atoms with E-state index in [0.29, 0.717) is 22.8 Å². The number of hydrogen-bond acceptors (Lipinski definition) is 13. The van der Waals surface area contributed by atoms with Crippen molar-refractivity contribution in [3.05, 3.63) is 91.2 Å². The van der Waals surface area contributed by atoms with Crippen molar-refractivity contribution in [2.45, 2.75) is 135 Å². The van der Waals surface area contributed by atoms with E-state index in [1.807, 2.05) is 53.7 Å². The lowest BCUT2D eigenvalue weighted by atomic mass is 9.38. The standard InChI is InChI=1S/C79H37NO12/c1-67(2,3)87-90-70-57-47-37-28-22-17-18-20-21-19(17)24-30(28)41-44-34(24)36-32(21)35-33-25(20)31-29-23(18)27-26(22)38(37)48-49-39(27)40(29)51-52-42(31)43(33)53-55-45(35)46(36)56-54(44)63(60(70)50(41)47)75-73(80-15-11-13-16(83-10)14-12-15)65(70)66-71(58(48)57,91-88-68(4,5)6)59(49)61(51)72(92-89-69(7,8)9)62(52)64(53)77(74(55,81)76(56,75)85-75)78(73,86-77)79(72,82)84-66/h11-14,80-82H,1-10H3/t70-,71+,72+,73-,74+,75+,76-,77+,78-,79-/m1/s1. The van der Waals surface area contributed by atoms with Crippen molar-refractivity contribution in [3.8, 4) is 5.75 Å². The van der Waals surface area contributed by atoms with Gasteiger partial charge in [-0.15, -0.1) is 0 Å². The fourth-order valence-corrected chi connectivity index (χ4v) is 28.5. The maximum absolute atomic E-state index is 16.9. The van der Waals surface area contributed by atoms with Crippen molar-refractivity contribution >= 4 is 210 Å². The Morgan fingerprint density at radius 3 is 1.20 bits per heavy atom. The summed E-state index contributed by atoms with van der Waals surface area (Å²) in [5.74, 6) is -1.72. The van der Waals surface area contributed by atoms with Crippen LogP contribution in [0.2, 0.25) is 0 Å². The molecule has 3 N–H and O–H groups in total. The summed E-state index contributed by atoms with van der Waals surface area (Å²) in [7, 11) is 1.69. The minimum absolute atomic E-state index is 0.301. The number of rotatable bonds is 9. The molecule has 21 aromatic carbocycles. The van der Waals surface area contributed by atoms with Crippen LogP contribution < -0.4 is 10.1 Å². The normalized spacial score (nSPS) is 35.4. The molecule has 13 aliphatic rings. The Balaban J connectivity index is 1.01. The lowest BCUT2D eigenvalue weighted by Crippen LogP contribution is -2.87. The highest BCUT2D eigenvalue weighted by Gasteiger charge is 3.18. The first-order chi connectivity index (χ1) is 44.2. The van der Waals surface area contributed by atoms with Gasteiger partial charge in [0.2, 0.25) is 16.8 Å². The molecule has 10 atom stereocenters. The zero-order chi connectivity index (χ0) is 59.1. The summed E-state index contributed by atoms with van der Waals surface area (Å²) in [4.78, 5) is 46.5. The van der Waals surface area contributed by atoms with Gasteiger partial charge in [0.25, 0.3) is 5.79 Å². The second-order valence-electron chi connectivity index (χ2n) is 34.6. The second-order valence-corrected chi connectivity index (χ2v) is 34.6. The summed E-state index contributed by atoms with van der Waals surface area (Å²) in [6.07, 6.45) is 0. The molecule has 3 fully saturated rings. The molecule has 0 amide bonds. The van der Waals surface area contributed by atoms with Gasteiger partial charge in [0, 0.05) is 66.9 Å². The highest BCUT2D eigenvalue weighted by atomic mass is 17.2. The van der Waals surface area contributed by atoms with Crippen molar-refractivity contribution < 1.29 is 58.5 Å². The largest absolute Gasteiger partial charge is 0.497 e. The van der Waals surface area contributed by atoms with Crippen molar-refractivity contribution in [2.75, 3.05) is 12.4 Å². The van der Waals surface area contributed by atoms with E-state index in [1.165, 1.54) is 145 Å². The van der Waals surface area contributed by atoms with E-state index in [2.05, 4.69) is 38.2 Å². The van der Waals surface area contributed by atoms with Crippen LogP contribution in [0.15, 0.2) is 35.6 Å². The first kappa shape index (κ1) is 42.0. The van der Waals surface area contributed by atoms with Crippen molar-refractivity contribution in [2.24, 2.45) is 0 Å². The van der Waals surface area contributed by atoms with Gasteiger partial charge >= 0.3 is 0 Å². The molecular formula is C79H37NO12. The molecule has 2 saturated heterocycles. The monoisotopic (exact) mass is 1190 g/mol. The van der Waals surface area contributed by atoms with Crippen LogP contribution in [0.3, 0.4) is 0 Å². The molecule has 0 bridgehead atoms. The van der Waals surface area contributed by atoms with Gasteiger partial charge in [0.1, 0.15) is 11.3 Å². The van der Waals surface area contributed by atoms with Gasteiger partial charge in [-0.25, -0.2) is 29.3 Å². The van der Waals surface area contributed by atoms with Gasteiger partial charge in [-0.3, -0.25) is 0 Å². The number of aliphatic hydroxyl groups is 2. The Labute approximate surface area is 511 Å². The van der Waals surface area contributed by atoms with Crippen molar-refractivity contribution in [3.63, 3.8) is 0 Å². The van der Waals surface area contributed by atoms with E-state index in [1.54, 1.807) is 7.11 Å². The first-order valence-electron chi connectivity index (χ1n) is 33.1. The van der Waals surface area contributed by atoms with Crippen LogP contribution >= 0.6 is 0 Å². The van der Waals surface area contributed by atoms with E-state index in [4.69, 9.17) is 48.3 Å². The summed E-state index contributed by atoms with van der Waals surface area (Å²) < 4.78 is 32.2. The van der Waals surface area contributed by atoms with Crippen LogP contribution in [0.4, 0.5) is 5.69 Å². The molecule has 34 rings (SSSR count). The average molecular weight is 1190 g/mol. The summed E-state index contributed by atoms with van der Waals surface area (Å²) >= 11 is 0. The van der Waals surface area contributed by atoms with Crippen LogP contribution in [-0.4, -0.2) is 51.1 Å². The molecule has 0 radical (unpaired) electrons. The quantitative estimate of drug-likeness (QED) is 0.0545. The third kappa shape index (κ3) is 2.47. The van der Waals surface area contributed by atoms with Gasteiger partial charge in [0.05, 0.1) is 23.9 Å². The molecule has 0 aromatic heterocycles. The van der Waals surface area contributed by atoms with Crippen LogP contribution in [0.1, 0.15) is 118 Å². The fraction of sp³-hybridized carbons (Fsp3) is 0.291. The molecule has 430 valence electrons. The molecule has 4 spiro atoms. The maximum atomic E-state index is 16.9. The van der Waals surface area contributed by atoms with Crippen LogP contribution in [0.25, 0.3) is 205 Å². The SMILES string of the molecule is COc1ccc(N[C@]23C4=C5O[C@]6(O)[C@@]7(OOC(C)(C)C)c8c9c%10c%11c%12c%13c%14c%15c(c%16c%17c%18c(c%19c%20c%21c(c7c7c8c8c%10c%10c%12c%12c%13c%13c%15c%17c%15c%17c%18c%20c%18c%20c%21c7c7c8c%10c8c%12c(c%13%15)c(c%17%18)c8c7%20)[C@]5%19OOC(C)(C)C)[C@]4%16OOC(C)(C)C)[C@]24O[C@@]%144[C@]%11(O)[C@@]92O[C@]632)cc1. The zero-order valence-corrected chi connectivity index (χ0v) is 50.3. The Hall–Kier alpha value is -8.28. The number of ether oxygens (including phenoxy) is 4. The summed E-state index contributed by atoms with van der Waals surface area (Å²) in [5, 5.41) is 85.0. The number of epoxide rings is 2. The predicted octanol–water partition coefficient (Wildman–Crippen LogP) is 15.5. The van der Waals surface area contributed by atoms with Gasteiger partial charge in [-0.2, -0.15) is 0 Å². The smallest absolute Gasteiger partial charge is 0.284 e. The number of fused-ring (bicyclic) bond motifs is 5. The Kier molecular flexibility index (Phi) is 4.36. The van der Waals surface area contributed by atoms with Crippen LogP contribution in [-0.2, 0) is 82.7 Å². The molecule has 3 aliphatic heterocycles. The van der Waals surface area contributed by atoms with Crippen molar-refractivity contribution in [1.82, 2.24) is 0 Å². The number of benzene rings is 15. The highest BCUT2D eigenvalue weighted by molar-refractivity contribution is 6.76. The Bertz CT molecular complexity index is 7730. The molecule has 21 aromatic rings. The van der Waals surface area contributed by atoms with Gasteiger partial charge in [-0.05, 0) is 291 Å². The van der Waals surface area contributed by atoms with E-state index >= 15 is 10.2 Å². The van der Waals surface area contributed by atoms with E-state index in [-0.39, 0.29) is 0 Å². The van der Waals surface area contributed by atoms with E-state index < -0.39 is 72.9 Å². The Morgan fingerprint density at radius 2 is 0.717 bits per heavy atom. The molecule has 10 aliphatic carbocycles. The first-order valence-corrected chi connectivity index (χ1v) is 33.1. The maximum Gasteiger partial charge on any atom is 0.284 e.